The maximum atomic E-state index is 12.5. The summed E-state index contributed by atoms with van der Waals surface area (Å²) in [5.74, 6) is 0.386. The van der Waals surface area contributed by atoms with Gasteiger partial charge in [0.15, 0.2) is 0 Å². The highest BCUT2D eigenvalue weighted by atomic mass is 16.5. The highest BCUT2D eigenvalue weighted by molar-refractivity contribution is 5.86. The summed E-state index contributed by atoms with van der Waals surface area (Å²) < 4.78 is 16.3. The first kappa shape index (κ1) is 20.4. The number of hydrogen-bond acceptors (Lipinski definition) is 6. The molecule has 0 fully saturated rings. The van der Waals surface area contributed by atoms with Crippen LogP contribution < -0.4 is 15.7 Å². The number of carbonyl (C=O) groups excluding carboxylic acids is 1. The van der Waals surface area contributed by atoms with Gasteiger partial charge >= 0.3 is 5.63 Å². The molecular weight excluding hydrogens is 362 g/mol. The van der Waals surface area contributed by atoms with Gasteiger partial charge < -0.3 is 24.3 Å². The largest absolute Gasteiger partial charge is 0.487 e. The lowest BCUT2D eigenvalue weighted by Crippen LogP contribution is -2.36. The topological polar surface area (TPSA) is 98.0 Å². The number of benzene rings is 1. The quantitative estimate of drug-likeness (QED) is 0.732. The fourth-order valence-electron chi connectivity index (χ4n) is 3.45. The van der Waals surface area contributed by atoms with Crippen LogP contribution in [0.15, 0.2) is 21.3 Å². The summed E-state index contributed by atoms with van der Waals surface area (Å²) in [6, 6.07) is 3.76. The number of aryl methyl sites for hydroxylation is 2. The molecule has 7 heteroatoms. The van der Waals surface area contributed by atoms with Gasteiger partial charge in [0.25, 0.3) is 0 Å². The van der Waals surface area contributed by atoms with Gasteiger partial charge in [0.1, 0.15) is 16.9 Å². The Morgan fingerprint density at radius 3 is 2.86 bits per heavy atom. The number of carbonyl (C=O) groups is 1. The van der Waals surface area contributed by atoms with Crippen molar-refractivity contribution in [1.82, 2.24) is 5.32 Å². The summed E-state index contributed by atoms with van der Waals surface area (Å²) in [4.78, 5) is 24.7. The number of aliphatic hydroxyl groups excluding tert-OH is 1. The van der Waals surface area contributed by atoms with E-state index in [4.69, 9.17) is 13.9 Å². The van der Waals surface area contributed by atoms with Crippen LogP contribution in [0.5, 0.6) is 5.75 Å². The molecule has 1 aliphatic heterocycles. The third-order valence-electron chi connectivity index (χ3n) is 5.08. The zero-order valence-corrected chi connectivity index (χ0v) is 16.8. The molecule has 0 bridgehead atoms. The van der Waals surface area contributed by atoms with E-state index in [0.29, 0.717) is 11.1 Å². The first-order chi connectivity index (χ1) is 13.2. The lowest BCUT2D eigenvalue weighted by atomic mass is 9.92. The summed E-state index contributed by atoms with van der Waals surface area (Å²) in [6.07, 6.45) is 0.883. The standard InChI is InChI=1S/C21H27NO6/c1-12-15-7-13-5-6-21(2,3)28-17(13)9-18(15)27-20(25)16(12)8-19(24)22-10-14(23)11-26-4/h7,9,14,23H,5-6,8,10-11H2,1-4H3,(H,22,24)/t14-/m0/s1. The van der Waals surface area contributed by atoms with Crippen molar-refractivity contribution in [3.63, 3.8) is 0 Å². The first-order valence-electron chi connectivity index (χ1n) is 9.42. The maximum Gasteiger partial charge on any atom is 0.340 e. The van der Waals surface area contributed by atoms with Crippen molar-refractivity contribution in [2.75, 3.05) is 20.3 Å². The molecule has 1 aromatic heterocycles. The second-order valence-corrected chi connectivity index (χ2v) is 7.90. The Hall–Kier alpha value is -2.38. The molecule has 1 aromatic carbocycles. The number of nitrogens with one attached hydrogen (secondary N) is 1. The van der Waals surface area contributed by atoms with Gasteiger partial charge in [-0.25, -0.2) is 4.79 Å². The summed E-state index contributed by atoms with van der Waals surface area (Å²) in [5, 5.41) is 13.0. The van der Waals surface area contributed by atoms with E-state index >= 15 is 0 Å². The second kappa shape index (κ2) is 7.93. The maximum absolute atomic E-state index is 12.5. The van der Waals surface area contributed by atoms with Crippen molar-refractivity contribution in [3.05, 3.63) is 39.2 Å². The Morgan fingerprint density at radius 1 is 1.39 bits per heavy atom. The molecule has 1 amide bonds. The Kier molecular flexibility index (Phi) is 5.76. The monoisotopic (exact) mass is 389 g/mol. The third kappa shape index (κ3) is 4.36. The minimum atomic E-state index is -0.793. The van der Waals surface area contributed by atoms with Crippen molar-refractivity contribution in [3.8, 4) is 5.75 Å². The smallest absolute Gasteiger partial charge is 0.340 e. The lowest BCUT2D eigenvalue weighted by Gasteiger charge is -2.32. The van der Waals surface area contributed by atoms with Crippen molar-refractivity contribution in [2.24, 2.45) is 0 Å². The Balaban J connectivity index is 1.86. The van der Waals surface area contributed by atoms with Crippen LogP contribution in [0.4, 0.5) is 0 Å². The zero-order valence-electron chi connectivity index (χ0n) is 16.8. The van der Waals surface area contributed by atoms with E-state index in [1.807, 2.05) is 26.8 Å². The average molecular weight is 389 g/mol. The number of ether oxygens (including phenoxy) is 2. The molecule has 152 valence electrons. The van der Waals surface area contributed by atoms with Crippen LogP contribution in [-0.4, -0.2) is 43.0 Å². The molecular formula is C21H27NO6. The van der Waals surface area contributed by atoms with Gasteiger partial charge in [-0.3, -0.25) is 4.79 Å². The van der Waals surface area contributed by atoms with Gasteiger partial charge in [-0.15, -0.1) is 0 Å². The van der Waals surface area contributed by atoms with Gasteiger partial charge in [0.2, 0.25) is 5.91 Å². The van der Waals surface area contributed by atoms with Crippen molar-refractivity contribution in [2.45, 2.75) is 51.7 Å². The predicted octanol–water partition coefficient (Wildman–Crippen LogP) is 1.87. The number of amides is 1. The molecule has 0 radical (unpaired) electrons. The minimum absolute atomic E-state index is 0.0608. The molecule has 3 rings (SSSR count). The number of aliphatic hydroxyl groups is 1. The molecule has 2 heterocycles. The fourth-order valence-corrected chi connectivity index (χ4v) is 3.45. The zero-order chi connectivity index (χ0) is 20.5. The minimum Gasteiger partial charge on any atom is -0.487 e. The SMILES string of the molecule is COC[C@@H](O)CNC(=O)Cc1c(C)c2cc3c(cc2oc1=O)OC(C)(C)CC3. The summed E-state index contributed by atoms with van der Waals surface area (Å²) in [6.45, 7) is 6.08. The van der Waals surface area contributed by atoms with Crippen LogP contribution >= 0.6 is 0 Å². The lowest BCUT2D eigenvalue weighted by molar-refractivity contribution is -0.121. The van der Waals surface area contributed by atoms with E-state index in [1.54, 1.807) is 6.07 Å². The van der Waals surface area contributed by atoms with Crippen LogP contribution in [0.1, 0.15) is 37.0 Å². The van der Waals surface area contributed by atoms with Gasteiger partial charge in [0, 0.05) is 25.1 Å². The van der Waals surface area contributed by atoms with Crippen molar-refractivity contribution in [1.29, 1.82) is 0 Å². The summed E-state index contributed by atoms with van der Waals surface area (Å²) in [7, 11) is 1.47. The van der Waals surface area contributed by atoms with E-state index in [0.717, 1.165) is 35.1 Å². The van der Waals surface area contributed by atoms with Gasteiger partial charge in [-0.1, -0.05) is 0 Å². The van der Waals surface area contributed by atoms with Crippen LogP contribution in [0, 0.1) is 6.92 Å². The summed E-state index contributed by atoms with van der Waals surface area (Å²) >= 11 is 0. The first-order valence-corrected chi connectivity index (χ1v) is 9.42. The van der Waals surface area contributed by atoms with E-state index in [2.05, 4.69) is 5.32 Å². The molecule has 0 spiro atoms. The molecule has 0 aliphatic carbocycles. The average Bonchev–Trinajstić information content (AvgIpc) is 2.62. The molecule has 1 atom stereocenters. The predicted molar refractivity (Wildman–Crippen MR) is 105 cm³/mol. The number of fused-ring (bicyclic) bond motifs is 2. The normalized spacial score (nSPS) is 16.3. The van der Waals surface area contributed by atoms with E-state index in [9.17, 15) is 14.7 Å². The van der Waals surface area contributed by atoms with Gasteiger partial charge in [-0.05, 0) is 50.8 Å². The molecule has 0 saturated heterocycles. The Morgan fingerprint density at radius 2 is 2.14 bits per heavy atom. The molecule has 0 saturated carbocycles. The highest BCUT2D eigenvalue weighted by Gasteiger charge is 2.27. The fraction of sp³-hybridized carbons (Fsp3) is 0.524. The summed E-state index contributed by atoms with van der Waals surface area (Å²) in [5.41, 5.74) is 1.80. The van der Waals surface area contributed by atoms with E-state index in [-0.39, 0.29) is 31.1 Å². The van der Waals surface area contributed by atoms with Gasteiger partial charge in [0.05, 0.1) is 24.7 Å². The van der Waals surface area contributed by atoms with Crippen LogP contribution in [0.25, 0.3) is 11.0 Å². The van der Waals surface area contributed by atoms with Crippen LogP contribution in [0.3, 0.4) is 0 Å². The second-order valence-electron chi connectivity index (χ2n) is 7.90. The van der Waals surface area contributed by atoms with Crippen LogP contribution in [0.2, 0.25) is 0 Å². The number of methoxy groups -OCH3 is 1. The van der Waals surface area contributed by atoms with E-state index in [1.165, 1.54) is 7.11 Å². The Labute approximate surface area is 163 Å². The van der Waals surface area contributed by atoms with E-state index < -0.39 is 11.7 Å². The third-order valence-corrected chi connectivity index (χ3v) is 5.08. The van der Waals surface area contributed by atoms with Crippen molar-refractivity contribution >= 4 is 16.9 Å². The molecule has 2 aromatic rings. The van der Waals surface area contributed by atoms with Gasteiger partial charge in [-0.2, -0.15) is 0 Å². The van der Waals surface area contributed by atoms with Crippen molar-refractivity contribution < 1.29 is 23.8 Å². The molecule has 1 aliphatic rings. The molecule has 2 N–H and O–H groups in total. The number of hydrogen-bond donors (Lipinski definition) is 2. The Bertz CT molecular complexity index is 946. The molecule has 7 nitrogen and oxygen atoms in total. The van der Waals surface area contributed by atoms with Crippen LogP contribution in [-0.2, 0) is 22.4 Å². The number of rotatable bonds is 6. The molecule has 0 unspecified atom stereocenters. The molecule has 28 heavy (non-hydrogen) atoms. The highest BCUT2D eigenvalue weighted by Crippen LogP contribution is 2.36.